The summed E-state index contributed by atoms with van der Waals surface area (Å²) in [7, 11) is 0. The average Bonchev–Trinajstić information content (AvgIpc) is 3.22. The first-order valence-electron chi connectivity index (χ1n) is 11.8. The molecule has 1 aromatic heterocycles. The molecule has 1 fully saturated rings. The second-order valence-corrected chi connectivity index (χ2v) is 10.5. The van der Waals surface area contributed by atoms with E-state index in [4.69, 9.17) is 16.6 Å². The Bertz CT molecular complexity index is 1090. The van der Waals surface area contributed by atoms with Gasteiger partial charge < -0.3 is 10.2 Å². The number of carbonyl (C=O) groups is 1. The minimum Gasteiger partial charge on any atom is -0.354 e. The maximum absolute atomic E-state index is 12.5. The molecule has 0 unspecified atom stereocenters. The fourth-order valence-electron chi connectivity index (χ4n) is 4.31. The van der Waals surface area contributed by atoms with Gasteiger partial charge >= 0.3 is 0 Å². The molecular formula is C27H32ClN3OS. The quantitative estimate of drug-likeness (QED) is 0.415. The average molecular weight is 482 g/mol. The molecule has 1 aliphatic heterocycles. The summed E-state index contributed by atoms with van der Waals surface area (Å²) < 4.78 is 0. The van der Waals surface area contributed by atoms with E-state index in [2.05, 4.69) is 34.5 Å². The fourth-order valence-corrected chi connectivity index (χ4v) is 5.57. The van der Waals surface area contributed by atoms with E-state index in [-0.39, 0.29) is 18.4 Å². The van der Waals surface area contributed by atoms with E-state index in [1.54, 1.807) is 11.3 Å². The first kappa shape index (κ1) is 23.9. The van der Waals surface area contributed by atoms with Gasteiger partial charge in [0.15, 0.2) is 0 Å². The van der Waals surface area contributed by atoms with Crippen molar-refractivity contribution in [1.29, 1.82) is 0 Å². The molecule has 0 saturated carbocycles. The van der Waals surface area contributed by atoms with E-state index in [0.717, 1.165) is 39.7 Å². The minimum absolute atomic E-state index is 0.0135. The summed E-state index contributed by atoms with van der Waals surface area (Å²) in [5, 5.41) is 4.60. The Morgan fingerprint density at radius 1 is 1.09 bits per heavy atom. The summed E-state index contributed by atoms with van der Waals surface area (Å²) in [5.74, 6) is -0.0135. The van der Waals surface area contributed by atoms with Crippen molar-refractivity contribution in [3.8, 4) is 21.0 Å². The van der Waals surface area contributed by atoms with E-state index in [1.807, 2.05) is 38.1 Å². The van der Waals surface area contributed by atoms with Crippen molar-refractivity contribution in [3.63, 3.8) is 0 Å². The second kappa shape index (κ2) is 11.3. The number of rotatable bonds is 8. The molecule has 6 heteroatoms. The van der Waals surface area contributed by atoms with Gasteiger partial charge in [0.1, 0.15) is 5.01 Å². The highest BCUT2D eigenvalue weighted by molar-refractivity contribution is 7.18. The number of nitrogens with one attached hydrogen (secondary N) is 1. The predicted octanol–water partition coefficient (Wildman–Crippen LogP) is 6.23. The summed E-state index contributed by atoms with van der Waals surface area (Å²) >= 11 is 7.90. The van der Waals surface area contributed by atoms with E-state index in [0.29, 0.717) is 5.02 Å². The molecule has 1 aliphatic rings. The number of piperidine rings is 1. The standard InChI is InChI=1S/C27H32ClN3OS/c1-19(2)29-25(32)18-24-26(21-9-7-11-23(28)17-21)33-27(30-24)22-10-6-8-20(16-22)12-15-31-13-4-3-5-14-31/h6-11,16-17,19H,3-5,12-15,18H2,1-2H3,(H,29,32). The van der Waals surface area contributed by atoms with Crippen LogP contribution in [0.1, 0.15) is 44.4 Å². The molecule has 4 nitrogen and oxygen atoms in total. The predicted molar refractivity (Wildman–Crippen MR) is 139 cm³/mol. The van der Waals surface area contributed by atoms with Crippen LogP contribution in [0.3, 0.4) is 0 Å². The first-order valence-corrected chi connectivity index (χ1v) is 13.0. The molecule has 174 valence electrons. The summed E-state index contributed by atoms with van der Waals surface area (Å²) in [6, 6.07) is 16.6. The largest absolute Gasteiger partial charge is 0.354 e. The van der Waals surface area contributed by atoms with E-state index in [1.165, 1.54) is 37.9 Å². The lowest BCUT2D eigenvalue weighted by Gasteiger charge is -2.26. The molecule has 4 rings (SSSR count). The fraction of sp³-hybridized carbons (Fsp3) is 0.407. The van der Waals surface area contributed by atoms with Crippen molar-refractivity contribution in [3.05, 3.63) is 64.8 Å². The van der Waals surface area contributed by atoms with Crippen molar-refractivity contribution in [2.24, 2.45) is 0 Å². The Kier molecular flexibility index (Phi) is 8.18. The van der Waals surface area contributed by atoms with Gasteiger partial charge in [-0.2, -0.15) is 0 Å². The van der Waals surface area contributed by atoms with Gasteiger partial charge in [0.2, 0.25) is 5.91 Å². The molecule has 0 bridgehead atoms. The molecule has 2 aromatic carbocycles. The number of halogens is 1. The Balaban J connectivity index is 1.59. The topological polar surface area (TPSA) is 45.2 Å². The summed E-state index contributed by atoms with van der Waals surface area (Å²) in [4.78, 5) is 21.0. The Morgan fingerprint density at radius 3 is 2.61 bits per heavy atom. The SMILES string of the molecule is CC(C)NC(=O)Cc1nc(-c2cccc(CCN3CCCCC3)c2)sc1-c1cccc(Cl)c1. The molecule has 0 aliphatic carbocycles. The van der Waals surface area contributed by atoms with Crippen molar-refractivity contribution < 1.29 is 4.79 Å². The lowest BCUT2D eigenvalue weighted by Crippen LogP contribution is -2.31. The molecule has 3 aromatic rings. The van der Waals surface area contributed by atoms with Gasteiger partial charge in [-0.15, -0.1) is 11.3 Å². The molecule has 0 spiro atoms. The number of hydrogen-bond donors (Lipinski definition) is 1. The number of nitrogens with zero attached hydrogens (tertiary/aromatic N) is 2. The van der Waals surface area contributed by atoms with Crippen LogP contribution in [0.4, 0.5) is 0 Å². The minimum atomic E-state index is -0.0135. The Hall–Kier alpha value is -2.21. The summed E-state index contributed by atoms with van der Waals surface area (Å²) in [6.07, 6.45) is 5.30. The second-order valence-electron chi connectivity index (χ2n) is 9.06. The van der Waals surface area contributed by atoms with Crippen LogP contribution in [0.25, 0.3) is 21.0 Å². The van der Waals surface area contributed by atoms with Gasteiger partial charge in [-0.25, -0.2) is 4.98 Å². The number of amides is 1. The zero-order chi connectivity index (χ0) is 23.2. The van der Waals surface area contributed by atoms with Gasteiger partial charge in [-0.3, -0.25) is 4.79 Å². The van der Waals surface area contributed by atoms with Crippen LogP contribution in [-0.4, -0.2) is 41.5 Å². The zero-order valence-electron chi connectivity index (χ0n) is 19.4. The van der Waals surface area contributed by atoms with Crippen LogP contribution < -0.4 is 5.32 Å². The van der Waals surface area contributed by atoms with E-state index >= 15 is 0 Å². The summed E-state index contributed by atoms with van der Waals surface area (Å²) in [5.41, 5.74) is 4.24. The molecule has 1 N–H and O–H groups in total. The monoisotopic (exact) mass is 481 g/mol. The van der Waals surface area contributed by atoms with Crippen LogP contribution >= 0.6 is 22.9 Å². The Morgan fingerprint density at radius 2 is 1.85 bits per heavy atom. The van der Waals surface area contributed by atoms with Crippen molar-refractivity contribution in [1.82, 2.24) is 15.2 Å². The number of benzene rings is 2. The smallest absolute Gasteiger partial charge is 0.226 e. The molecule has 2 heterocycles. The van der Waals surface area contributed by atoms with Crippen LogP contribution in [0.15, 0.2) is 48.5 Å². The van der Waals surface area contributed by atoms with E-state index in [9.17, 15) is 4.79 Å². The zero-order valence-corrected chi connectivity index (χ0v) is 21.0. The molecule has 1 saturated heterocycles. The van der Waals surface area contributed by atoms with Gasteiger partial charge in [0.25, 0.3) is 0 Å². The van der Waals surface area contributed by atoms with Crippen LogP contribution in [0.2, 0.25) is 5.02 Å². The number of likely N-dealkylation sites (tertiary alicyclic amines) is 1. The highest BCUT2D eigenvalue weighted by atomic mass is 35.5. The summed E-state index contributed by atoms with van der Waals surface area (Å²) in [6.45, 7) is 7.49. The molecule has 0 atom stereocenters. The molecule has 1 amide bonds. The maximum Gasteiger partial charge on any atom is 0.226 e. The number of carbonyl (C=O) groups excluding carboxylic acids is 1. The van der Waals surface area contributed by atoms with E-state index < -0.39 is 0 Å². The van der Waals surface area contributed by atoms with Gasteiger partial charge in [0, 0.05) is 23.2 Å². The lowest BCUT2D eigenvalue weighted by molar-refractivity contribution is -0.120. The third-order valence-corrected chi connectivity index (χ3v) is 7.33. The Labute approximate surface area is 206 Å². The van der Waals surface area contributed by atoms with Crippen molar-refractivity contribution in [2.45, 2.75) is 52.0 Å². The van der Waals surface area contributed by atoms with Crippen LogP contribution in [-0.2, 0) is 17.6 Å². The van der Waals surface area contributed by atoms with Crippen molar-refractivity contribution in [2.75, 3.05) is 19.6 Å². The maximum atomic E-state index is 12.5. The molecular weight excluding hydrogens is 450 g/mol. The van der Waals surface area contributed by atoms with Gasteiger partial charge in [-0.1, -0.05) is 48.4 Å². The van der Waals surface area contributed by atoms with Crippen LogP contribution in [0, 0.1) is 0 Å². The third-order valence-electron chi connectivity index (χ3n) is 5.90. The number of hydrogen-bond acceptors (Lipinski definition) is 4. The lowest BCUT2D eigenvalue weighted by atomic mass is 10.1. The number of aromatic nitrogens is 1. The van der Waals surface area contributed by atoms with Crippen molar-refractivity contribution >= 4 is 28.8 Å². The first-order chi connectivity index (χ1) is 16.0. The number of thiazole rings is 1. The van der Waals surface area contributed by atoms with Crippen LogP contribution in [0.5, 0.6) is 0 Å². The molecule has 33 heavy (non-hydrogen) atoms. The highest BCUT2D eigenvalue weighted by Gasteiger charge is 2.18. The normalized spacial score (nSPS) is 14.5. The highest BCUT2D eigenvalue weighted by Crippen LogP contribution is 2.37. The molecule has 0 radical (unpaired) electrons. The third kappa shape index (κ3) is 6.66. The van der Waals surface area contributed by atoms with Gasteiger partial charge in [0.05, 0.1) is 17.0 Å². The van der Waals surface area contributed by atoms with Gasteiger partial charge in [-0.05, 0) is 75.5 Å².